The van der Waals surface area contributed by atoms with E-state index in [0.717, 1.165) is 23.3 Å². The van der Waals surface area contributed by atoms with E-state index in [0.29, 0.717) is 11.3 Å². The summed E-state index contributed by atoms with van der Waals surface area (Å²) in [6.07, 6.45) is -1.33. The van der Waals surface area contributed by atoms with E-state index in [4.69, 9.17) is 4.74 Å². The fourth-order valence-electron chi connectivity index (χ4n) is 2.14. The van der Waals surface area contributed by atoms with Crippen LogP contribution in [-0.4, -0.2) is 12.7 Å². The molecule has 0 aliphatic rings. The summed E-state index contributed by atoms with van der Waals surface area (Å²) in [4.78, 5) is 11.3. The van der Waals surface area contributed by atoms with E-state index < -0.39 is 18.5 Å². The number of carbonyl (C=O) groups excluding carboxylic acids is 1. The van der Waals surface area contributed by atoms with Crippen molar-refractivity contribution in [1.82, 2.24) is 0 Å². The first-order valence-electron chi connectivity index (χ1n) is 7.09. The molecule has 2 aromatic carbocycles. The molecule has 128 valence electrons. The Morgan fingerprint density at radius 1 is 1.17 bits per heavy atom. The van der Waals surface area contributed by atoms with E-state index >= 15 is 0 Å². The maximum atomic E-state index is 13.4. The van der Waals surface area contributed by atoms with Crippen LogP contribution in [0.3, 0.4) is 0 Å². The number of hydrogen-bond acceptors (Lipinski definition) is 3. The monoisotopic (exact) mass is 339 g/mol. The van der Waals surface area contributed by atoms with Crippen molar-refractivity contribution in [1.29, 1.82) is 0 Å². The van der Waals surface area contributed by atoms with Gasteiger partial charge in [-0.3, -0.25) is 5.32 Å². The van der Waals surface area contributed by atoms with E-state index in [1.165, 1.54) is 6.07 Å². The summed E-state index contributed by atoms with van der Waals surface area (Å²) in [6.45, 7) is 0.527. The van der Waals surface area contributed by atoms with Crippen LogP contribution in [0.15, 0.2) is 36.4 Å². The summed E-state index contributed by atoms with van der Waals surface area (Å²) in [7, 11) is 0. The number of nitrogens with one attached hydrogen (secondary N) is 1. The zero-order valence-electron chi connectivity index (χ0n) is 13.1. The van der Waals surface area contributed by atoms with E-state index in [9.17, 15) is 18.0 Å². The number of halogens is 3. The van der Waals surface area contributed by atoms with Gasteiger partial charge in [0.2, 0.25) is 0 Å². The molecule has 4 nitrogen and oxygen atoms in total. The van der Waals surface area contributed by atoms with Crippen molar-refractivity contribution in [3.05, 3.63) is 58.9 Å². The minimum Gasteiger partial charge on any atom is -0.489 e. The SMILES string of the molecule is Cc1ccc(OCc2cc(F)ccc2NC(=O)OC(F)F)c(C)c1. The van der Waals surface area contributed by atoms with Crippen LogP contribution in [0.25, 0.3) is 0 Å². The Labute approximate surface area is 137 Å². The van der Waals surface area contributed by atoms with E-state index in [2.05, 4.69) is 10.1 Å². The van der Waals surface area contributed by atoms with Gasteiger partial charge in [-0.2, -0.15) is 8.78 Å². The first kappa shape index (κ1) is 17.7. The van der Waals surface area contributed by atoms with Crippen LogP contribution in [0.2, 0.25) is 0 Å². The Kier molecular flexibility index (Phi) is 5.68. The maximum Gasteiger partial charge on any atom is 0.416 e. The lowest BCUT2D eigenvalue weighted by Gasteiger charge is -2.14. The summed E-state index contributed by atoms with van der Waals surface area (Å²) in [6, 6.07) is 9.08. The molecule has 0 heterocycles. The minimum absolute atomic E-state index is 0.0496. The van der Waals surface area contributed by atoms with Gasteiger partial charge in [-0.25, -0.2) is 9.18 Å². The van der Waals surface area contributed by atoms with Gasteiger partial charge in [0.05, 0.1) is 5.69 Å². The Morgan fingerprint density at radius 2 is 1.92 bits per heavy atom. The largest absolute Gasteiger partial charge is 0.489 e. The molecule has 7 heteroatoms. The van der Waals surface area contributed by atoms with Gasteiger partial charge < -0.3 is 9.47 Å². The van der Waals surface area contributed by atoms with Gasteiger partial charge in [-0.05, 0) is 43.7 Å². The molecular formula is C17H16F3NO3. The van der Waals surface area contributed by atoms with Crippen molar-refractivity contribution in [3.8, 4) is 5.75 Å². The quantitative estimate of drug-likeness (QED) is 0.852. The smallest absolute Gasteiger partial charge is 0.416 e. The Balaban J connectivity index is 2.13. The molecule has 1 amide bonds. The number of ether oxygens (including phenoxy) is 2. The zero-order chi connectivity index (χ0) is 17.7. The van der Waals surface area contributed by atoms with Gasteiger partial charge in [0.15, 0.2) is 0 Å². The highest BCUT2D eigenvalue weighted by Crippen LogP contribution is 2.23. The lowest BCUT2D eigenvalue weighted by Crippen LogP contribution is -2.18. The summed E-state index contributed by atoms with van der Waals surface area (Å²) in [5.41, 5.74) is 2.40. The molecule has 0 fully saturated rings. The average molecular weight is 339 g/mol. The molecule has 1 N–H and O–H groups in total. The molecule has 0 unspecified atom stereocenters. The number of hydrogen-bond donors (Lipinski definition) is 1. The normalized spacial score (nSPS) is 10.6. The van der Waals surface area contributed by atoms with Gasteiger partial charge in [0.1, 0.15) is 18.2 Å². The molecule has 0 aliphatic heterocycles. The van der Waals surface area contributed by atoms with Gasteiger partial charge in [-0.15, -0.1) is 0 Å². The highest BCUT2D eigenvalue weighted by Gasteiger charge is 2.14. The van der Waals surface area contributed by atoms with Crippen LogP contribution >= 0.6 is 0 Å². The van der Waals surface area contributed by atoms with Crippen LogP contribution in [0.4, 0.5) is 23.7 Å². The van der Waals surface area contributed by atoms with Crippen LogP contribution in [0.5, 0.6) is 5.75 Å². The molecule has 0 aromatic heterocycles. The molecule has 0 atom stereocenters. The van der Waals surface area contributed by atoms with Gasteiger partial charge in [0.25, 0.3) is 0 Å². The number of carbonyl (C=O) groups is 1. The first-order valence-corrected chi connectivity index (χ1v) is 7.09. The fourth-order valence-corrected chi connectivity index (χ4v) is 2.14. The van der Waals surface area contributed by atoms with Gasteiger partial charge >= 0.3 is 12.7 Å². The Bertz CT molecular complexity index is 735. The predicted molar refractivity (Wildman–Crippen MR) is 82.8 cm³/mol. The van der Waals surface area contributed by atoms with Crippen LogP contribution < -0.4 is 10.1 Å². The van der Waals surface area contributed by atoms with Crippen molar-refractivity contribution in [2.45, 2.75) is 27.1 Å². The molecule has 2 aromatic rings. The lowest BCUT2D eigenvalue weighted by molar-refractivity contribution is -0.0766. The third-order valence-corrected chi connectivity index (χ3v) is 3.21. The maximum absolute atomic E-state index is 13.4. The molecule has 2 rings (SSSR count). The zero-order valence-corrected chi connectivity index (χ0v) is 13.1. The third-order valence-electron chi connectivity index (χ3n) is 3.21. The predicted octanol–water partition coefficient (Wildman–Crippen LogP) is 4.79. The Hall–Kier alpha value is -2.70. The summed E-state index contributed by atoms with van der Waals surface area (Å²) in [5.74, 6) is 0.0629. The lowest BCUT2D eigenvalue weighted by atomic mass is 10.1. The first-order chi connectivity index (χ1) is 11.3. The summed E-state index contributed by atoms with van der Waals surface area (Å²) < 4.78 is 46.8. The van der Waals surface area contributed by atoms with E-state index in [1.807, 2.05) is 26.0 Å². The van der Waals surface area contributed by atoms with Gasteiger partial charge in [-0.1, -0.05) is 17.7 Å². The molecule has 0 saturated heterocycles. The molecule has 0 spiro atoms. The second-order valence-electron chi connectivity index (χ2n) is 5.15. The van der Waals surface area contributed by atoms with Crippen LogP contribution in [0, 0.1) is 19.7 Å². The van der Waals surface area contributed by atoms with Gasteiger partial charge in [0, 0.05) is 5.56 Å². The molecule has 0 radical (unpaired) electrons. The van der Waals surface area contributed by atoms with E-state index in [-0.39, 0.29) is 12.3 Å². The topological polar surface area (TPSA) is 47.6 Å². The summed E-state index contributed by atoms with van der Waals surface area (Å²) in [5, 5.41) is 2.14. The van der Waals surface area contributed by atoms with Crippen molar-refractivity contribution in [2.75, 3.05) is 5.32 Å². The standard InChI is InChI=1S/C17H16F3NO3/c1-10-3-6-15(11(2)7-10)23-9-12-8-13(18)4-5-14(12)21-17(22)24-16(19)20/h3-8,16H,9H2,1-2H3,(H,21,22). The van der Waals surface area contributed by atoms with Crippen LogP contribution in [0.1, 0.15) is 16.7 Å². The number of anilines is 1. The van der Waals surface area contributed by atoms with Crippen molar-refractivity contribution in [3.63, 3.8) is 0 Å². The van der Waals surface area contributed by atoms with Crippen LogP contribution in [-0.2, 0) is 11.3 Å². The highest BCUT2D eigenvalue weighted by atomic mass is 19.3. The fraction of sp³-hybridized carbons (Fsp3) is 0.235. The second-order valence-corrected chi connectivity index (χ2v) is 5.15. The second kappa shape index (κ2) is 7.72. The molecule has 24 heavy (non-hydrogen) atoms. The molecule has 0 saturated carbocycles. The van der Waals surface area contributed by atoms with Crippen molar-refractivity contribution < 1.29 is 27.4 Å². The minimum atomic E-state index is -3.24. The average Bonchev–Trinajstić information content (AvgIpc) is 2.48. The number of rotatable bonds is 5. The number of alkyl halides is 2. The van der Waals surface area contributed by atoms with Crippen molar-refractivity contribution in [2.24, 2.45) is 0 Å². The highest BCUT2D eigenvalue weighted by molar-refractivity contribution is 5.85. The Morgan fingerprint density at radius 3 is 2.58 bits per heavy atom. The number of amides is 1. The molecular weight excluding hydrogens is 323 g/mol. The van der Waals surface area contributed by atoms with Crippen molar-refractivity contribution >= 4 is 11.8 Å². The van der Waals surface area contributed by atoms with E-state index in [1.54, 1.807) is 6.07 Å². The number of aryl methyl sites for hydroxylation is 2. The molecule has 0 bridgehead atoms. The summed E-state index contributed by atoms with van der Waals surface area (Å²) >= 11 is 0. The third kappa shape index (κ3) is 4.91. The molecule has 0 aliphatic carbocycles. The number of benzene rings is 2.